The number of nitrogens with one attached hydrogen (secondary N) is 1. The zero-order valence-corrected chi connectivity index (χ0v) is 22.1. The van der Waals surface area contributed by atoms with Crippen molar-refractivity contribution in [3.8, 4) is 17.6 Å². The average Bonchev–Trinajstić information content (AvgIpc) is 3.26. The van der Waals surface area contributed by atoms with E-state index in [1.165, 1.54) is 42.5 Å². The van der Waals surface area contributed by atoms with Crippen LogP contribution in [0, 0.1) is 17.7 Å². The summed E-state index contributed by atoms with van der Waals surface area (Å²) in [5.41, 5.74) is 1.26. The normalized spacial score (nSPS) is 11.9. The van der Waals surface area contributed by atoms with Crippen molar-refractivity contribution in [2.75, 3.05) is 6.61 Å². The van der Waals surface area contributed by atoms with Gasteiger partial charge in [0, 0.05) is 29.1 Å². The van der Waals surface area contributed by atoms with E-state index in [9.17, 15) is 32.6 Å². The number of fused-ring (bicyclic) bond motifs is 1. The molecule has 0 aliphatic carbocycles. The number of carboxylic acid groups (broad SMARTS) is 2. The first-order valence-corrected chi connectivity index (χ1v) is 13.5. The summed E-state index contributed by atoms with van der Waals surface area (Å²) >= 11 is 0. The van der Waals surface area contributed by atoms with Crippen molar-refractivity contribution in [1.82, 2.24) is 9.29 Å². The second-order valence-corrected chi connectivity index (χ2v) is 10.5. The zero-order valence-electron chi connectivity index (χ0n) is 21.3. The SMILES string of the molecule is CC#CCOc1ccc(S(=O)(=O)N[C@@H](Cc2cn(Cc3ccccc3F)c3ccc(C(=O)O)cc23)C(=O)O)cc1. The van der Waals surface area contributed by atoms with Gasteiger partial charge in [-0.2, -0.15) is 4.72 Å². The maximum Gasteiger partial charge on any atom is 0.335 e. The predicted octanol–water partition coefficient (Wildman–Crippen LogP) is 3.90. The van der Waals surface area contributed by atoms with Crippen LogP contribution in [0.15, 0.2) is 77.8 Å². The van der Waals surface area contributed by atoms with E-state index < -0.39 is 33.8 Å². The number of carboxylic acids is 2. The summed E-state index contributed by atoms with van der Waals surface area (Å²) < 4.78 is 49.7. The van der Waals surface area contributed by atoms with Gasteiger partial charge in [-0.3, -0.25) is 4.79 Å². The van der Waals surface area contributed by atoms with Gasteiger partial charge < -0.3 is 19.5 Å². The Hall–Kier alpha value is -4.66. The highest BCUT2D eigenvalue weighted by atomic mass is 32.2. The molecule has 0 aliphatic heterocycles. The molecule has 0 bridgehead atoms. The monoisotopic (exact) mass is 564 g/mol. The van der Waals surface area contributed by atoms with Crippen molar-refractivity contribution in [3.63, 3.8) is 0 Å². The second kappa shape index (κ2) is 12.0. The fourth-order valence-corrected chi connectivity index (χ4v) is 5.36. The third-order valence-corrected chi connectivity index (χ3v) is 7.64. The number of aromatic nitrogens is 1. The third-order valence-electron chi connectivity index (χ3n) is 6.15. The molecule has 0 saturated heterocycles. The van der Waals surface area contributed by atoms with E-state index in [0.717, 1.165) is 0 Å². The number of sulfonamides is 1. The smallest absolute Gasteiger partial charge is 0.335 e. The van der Waals surface area contributed by atoms with Gasteiger partial charge in [-0.05, 0) is 61.0 Å². The molecule has 4 aromatic rings. The third kappa shape index (κ3) is 6.48. The maximum atomic E-state index is 14.4. The summed E-state index contributed by atoms with van der Waals surface area (Å²) in [4.78, 5) is 23.6. The van der Waals surface area contributed by atoms with Gasteiger partial charge in [-0.1, -0.05) is 24.1 Å². The lowest BCUT2D eigenvalue weighted by Crippen LogP contribution is -2.42. The van der Waals surface area contributed by atoms with Gasteiger partial charge >= 0.3 is 11.9 Å². The van der Waals surface area contributed by atoms with E-state index in [2.05, 4.69) is 16.6 Å². The Kier molecular flexibility index (Phi) is 8.52. The second-order valence-electron chi connectivity index (χ2n) is 8.81. The molecule has 1 atom stereocenters. The quantitative estimate of drug-likeness (QED) is 0.235. The molecular weight excluding hydrogens is 539 g/mol. The van der Waals surface area contributed by atoms with Crippen LogP contribution in [0.5, 0.6) is 5.75 Å². The van der Waals surface area contributed by atoms with Crippen LogP contribution in [-0.4, -0.2) is 47.8 Å². The van der Waals surface area contributed by atoms with Crippen molar-refractivity contribution in [2.24, 2.45) is 0 Å². The lowest BCUT2D eigenvalue weighted by molar-refractivity contribution is -0.138. The summed E-state index contributed by atoms with van der Waals surface area (Å²) in [6.45, 7) is 1.89. The number of aliphatic carboxylic acids is 1. The Labute approximate surface area is 229 Å². The number of hydrogen-bond acceptors (Lipinski definition) is 5. The van der Waals surface area contributed by atoms with Crippen LogP contribution in [0.3, 0.4) is 0 Å². The van der Waals surface area contributed by atoms with Gasteiger partial charge in [0.1, 0.15) is 24.2 Å². The predicted molar refractivity (Wildman–Crippen MR) is 145 cm³/mol. The lowest BCUT2D eigenvalue weighted by atomic mass is 10.0. The number of benzene rings is 3. The average molecular weight is 565 g/mol. The molecule has 40 heavy (non-hydrogen) atoms. The highest BCUT2D eigenvalue weighted by Gasteiger charge is 2.27. The van der Waals surface area contributed by atoms with Crippen molar-refractivity contribution in [1.29, 1.82) is 0 Å². The number of hydrogen-bond donors (Lipinski definition) is 3. The fraction of sp³-hybridized carbons (Fsp3) is 0.172. The molecule has 3 aromatic carbocycles. The minimum absolute atomic E-state index is 0.0305. The van der Waals surface area contributed by atoms with E-state index in [1.807, 2.05) is 0 Å². The Morgan fingerprint density at radius 1 is 1.05 bits per heavy atom. The molecule has 3 N–H and O–H groups in total. The molecular formula is C29H25FN2O7S. The van der Waals surface area contributed by atoms with Crippen LogP contribution in [0.1, 0.15) is 28.4 Å². The summed E-state index contributed by atoms with van der Waals surface area (Å²) in [6.07, 6.45) is 1.29. The van der Waals surface area contributed by atoms with Gasteiger partial charge in [0.15, 0.2) is 0 Å². The number of nitrogens with zero attached hydrogens (tertiary/aromatic N) is 1. The van der Waals surface area contributed by atoms with Gasteiger partial charge in [-0.25, -0.2) is 17.6 Å². The number of halogens is 1. The van der Waals surface area contributed by atoms with Crippen molar-refractivity contribution in [2.45, 2.75) is 30.8 Å². The summed E-state index contributed by atoms with van der Waals surface area (Å²) in [7, 11) is -4.25. The molecule has 1 aromatic heterocycles. The van der Waals surface area contributed by atoms with Gasteiger partial charge in [0.2, 0.25) is 10.0 Å². The molecule has 0 aliphatic rings. The van der Waals surface area contributed by atoms with Crippen LogP contribution in [0.4, 0.5) is 4.39 Å². The van der Waals surface area contributed by atoms with Crippen LogP contribution in [-0.2, 0) is 27.8 Å². The number of ether oxygens (including phenoxy) is 1. The summed E-state index contributed by atoms with van der Waals surface area (Å²) in [5, 5.41) is 19.8. The molecule has 4 rings (SSSR count). The minimum atomic E-state index is -4.25. The molecule has 1 heterocycles. The highest BCUT2D eigenvalue weighted by Crippen LogP contribution is 2.26. The van der Waals surface area contributed by atoms with E-state index in [0.29, 0.717) is 27.8 Å². The molecule has 0 amide bonds. The molecule has 0 spiro atoms. The van der Waals surface area contributed by atoms with Crippen LogP contribution in [0.2, 0.25) is 0 Å². The Morgan fingerprint density at radius 3 is 2.42 bits per heavy atom. The maximum absolute atomic E-state index is 14.4. The van der Waals surface area contributed by atoms with Crippen molar-refractivity contribution < 1.29 is 37.3 Å². The number of rotatable bonds is 11. The van der Waals surface area contributed by atoms with Crippen LogP contribution >= 0.6 is 0 Å². The molecule has 0 fully saturated rings. The van der Waals surface area contributed by atoms with E-state index >= 15 is 0 Å². The van der Waals surface area contributed by atoms with E-state index in [-0.39, 0.29) is 30.0 Å². The van der Waals surface area contributed by atoms with Crippen LogP contribution < -0.4 is 9.46 Å². The standard InChI is InChI=1S/C29H25FN2O7S/c1-2-3-14-39-22-9-11-23(12-10-22)40(37,38)31-26(29(35)36)16-21-18-32(17-20-6-4-5-7-25(20)30)27-13-8-19(28(33)34)15-24(21)27/h4-13,15,18,26,31H,14,16-17H2,1H3,(H,33,34)(H,35,36)/t26-/m0/s1. The molecule has 0 radical (unpaired) electrons. The number of carbonyl (C=O) groups is 2. The lowest BCUT2D eigenvalue weighted by Gasteiger charge is -2.15. The molecule has 0 saturated carbocycles. The van der Waals surface area contributed by atoms with Crippen molar-refractivity contribution in [3.05, 3.63) is 95.4 Å². The first-order chi connectivity index (χ1) is 19.1. The molecule has 206 valence electrons. The largest absolute Gasteiger partial charge is 0.481 e. The first kappa shape index (κ1) is 28.4. The molecule has 11 heteroatoms. The fourth-order valence-electron chi connectivity index (χ4n) is 4.17. The first-order valence-electron chi connectivity index (χ1n) is 12.0. The summed E-state index contributed by atoms with van der Waals surface area (Å²) in [6, 6.07) is 14.4. The van der Waals surface area contributed by atoms with Crippen molar-refractivity contribution >= 4 is 32.9 Å². The zero-order chi connectivity index (χ0) is 28.9. The van der Waals surface area contributed by atoms with E-state index in [1.54, 1.807) is 42.0 Å². The highest BCUT2D eigenvalue weighted by molar-refractivity contribution is 7.89. The minimum Gasteiger partial charge on any atom is -0.481 e. The Morgan fingerprint density at radius 2 is 1.77 bits per heavy atom. The Bertz CT molecular complexity index is 1740. The Balaban J connectivity index is 1.65. The van der Waals surface area contributed by atoms with E-state index in [4.69, 9.17) is 4.74 Å². The summed E-state index contributed by atoms with van der Waals surface area (Å²) in [5.74, 6) is 2.76. The van der Waals surface area contributed by atoms with Crippen LogP contribution in [0.25, 0.3) is 10.9 Å². The number of aromatic carboxylic acids is 1. The topological polar surface area (TPSA) is 135 Å². The van der Waals surface area contributed by atoms with Gasteiger partial charge in [0.05, 0.1) is 17.0 Å². The molecule has 0 unspecified atom stereocenters. The van der Waals surface area contributed by atoms with Gasteiger partial charge in [0.25, 0.3) is 0 Å². The van der Waals surface area contributed by atoms with Gasteiger partial charge in [-0.15, -0.1) is 5.92 Å². The molecule has 9 nitrogen and oxygen atoms in total.